The minimum Gasteiger partial charge on any atom is -0.312 e. The van der Waals surface area contributed by atoms with E-state index < -0.39 is 0 Å². The van der Waals surface area contributed by atoms with E-state index >= 15 is 0 Å². The number of hydrogen-bond donors (Lipinski definition) is 1. The Bertz CT molecular complexity index is 340. The predicted molar refractivity (Wildman–Crippen MR) is 71.9 cm³/mol. The van der Waals surface area contributed by atoms with Gasteiger partial charge in [0.1, 0.15) is 0 Å². The van der Waals surface area contributed by atoms with Crippen molar-refractivity contribution in [2.75, 3.05) is 6.54 Å². The lowest BCUT2D eigenvalue weighted by Crippen LogP contribution is -2.44. The van der Waals surface area contributed by atoms with Crippen molar-refractivity contribution in [3.8, 4) is 0 Å². The third-order valence-corrected chi connectivity index (χ3v) is 3.72. The first kappa shape index (κ1) is 12.6. The SMILES string of the molecule is CC(C)(C)NCC1CCC1Cc1ccncc1. The molecule has 1 N–H and O–H groups in total. The highest BCUT2D eigenvalue weighted by Crippen LogP contribution is 2.36. The second-order valence-electron chi connectivity index (χ2n) is 6.29. The summed E-state index contributed by atoms with van der Waals surface area (Å²) >= 11 is 0. The number of hydrogen-bond acceptors (Lipinski definition) is 2. The van der Waals surface area contributed by atoms with Crippen molar-refractivity contribution < 1.29 is 0 Å². The summed E-state index contributed by atoms with van der Waals surface area (Å²) < 4.78 is 0. The Morgan fingerprint density at radius 2 is 1.82 bits per heavy atom. The minimum absolute atomic E-state index is 0.247. The molecule has 0 radical (unpaired) electrons. The molecule has 1 saturated carbocycles. The van der Waals surface area contributed by atoms with Crippen molar-refractivity contribution in [2.45, 2.75) is 45.6 Å². The number of rotatable bonds is 4. The van der Waals surface area contributed by atoms with E-state index in [-0.39, 0.29) is 5.54 Å². The van der Waals surface area contributed by atoms with E-state index in [1.165, 1.54) is 31.4 Å². The van der Waals surface area contributed by atoms with Gasteiger partial charge in [-0.15, -0.1) is 0 Å². The van der Waals surface area contributed by atoms with Gasteiger partial charge >= 0.3 is 0 Å². The number of nitrogens with one attached hydrogen (secondary N) is 1. The Labute approximate surface area is 105 Å². The van der Waals surface area contributed by atoms with Gasteiger partial charge in [0, 0.05) is 17.9 Å². The van der Waals surface area contributed by atoms with Gasteiger partial charge in [0.25, 0.3) is 0 Å². The van der Waals surface area contributed by atoms with Crippen LogP contribution in [-0.2, 0) is 6.42 Å². The zero-order chi connectivity index (χ0) is 12.3. The van der Waals surface area contributed by atoms with Crippen molar-refractivity contribution in [3.63, 3.8) is 0 Å². The van der Waals surface area contributed by atoms with E-state index in [0.29, 0.717) is 0 Å². The molecule has 0 aliphatic heterocycles. The second-order valence-corrected chi connectivity index (χ2v) is 6.29. The van der Waals surface area contributed by atoms with Crippen LogP contribution in [0.1, 0.15) is 39.2 Å². The third kappa shape index (κ3) is 3.81. The molecule has 1 fully saturated rings. The summed E-state index contributed by atoms with van der Waals surface area (Å²) in [7, 11) is 0. The fraction of sp³-hybridized carbons (Fsp3) is 0.667. The normalized spacial score (nSPS) is 24.4. The molecule has 0 saturated heterocycles. The van der Waals surface area contributed by atoms with Crippen molar-refractivity contribution in [1.82, 2.24) is 10.3 Å². The van der Waals surface area contributed by atoms with Crippen LogP contribution >= 0.6 is 0 Å². The third-order valence-electron chi connectivity index (χ3n) is 3.72. The quantitative estimate of drug-likeness (QED) is 0.863. The summed E-state index contributed by atoms with van der Waals surface area (Å²) in [6.45, 7) is 7.88. The molecular formula is C15H24N2. The summed E-state index contributed by atoms with van der Waals surface area (Å²) in [4.78, 5) is 4.07. The van der Waals surface area contributed by atoms with Crippen molar-refractivity contribution >= 4 is 0 Å². The van der Waals surface area contributed by atoms with Crippen molar-refractivity contribution in [2.24, 2.45) is 11.8 Å². The topological polar surface area (TPSA) is 24.9 Å². The van der Waals surface area contributed by atoms with Crippen LogP contribution in [0.5, 0.6) is 0 Å². The van der Waals surface area contributed by atoms with Crippen LogP contribution in [0.4, 0.5) is 0 Å². The highest BCUT2D eigenvalue weighted by molar-refractivity contribution is 5.11. The molecule has 1 aliphatic rings. The molecule has 2 nitrogen and oxygen atoms in total. The lowest BCUT2D eigenvalue weighted by molar-refractivity contribution is 0.159. The standard InChI is InChI=1S/C15H24N2/c1-15(2,3)17-11-14-5-4-13(14)10-12-6-8-16-9-7-12/h6-9,13-14,17H,4-5,10-11H2,1-3H3. The van der Waals surface area contributed by atoms with Gasteiger partial charge in [0.2, 0.25) is 0 Å². The van der Waals surface area contributed by atoms with Gasteiger partial charge in [-0.25, -0.2) is 0 Å². The maximum atomic E-state index is 4.07. The van der Waals surface area contributed by atoms with Crippen LogP contribution in [0.15, 0.2) is 24.5 Å². The molecule has 2 unspecified atom stereocenters. The molecule has 17 heavy (non-hydrogen) atoms. The summed E-state index contributed by atoms with van der Waals surface area (Å²) in [6, 6.07) is 4.29. The Kier molecular flexibility index (Phi) is 3.82. The fourth-order valence-electron chi connectivity index (χ4n) is 2.43. The molecule has 1 aromatic rings. The zero-order valence-electron chi connectivity index (χ0n) is 11.2. The molecule has 1 aromatic heterocycles. The van der Waals surface area contributed by atoms with E-state index in [4.69, 9.17) is 0 Å². The first-order valence-corrected chi connectivity index (χ1v) is 6.68. The van der Waals surface area contributed by atoms with E-state index in [9.17, 15) is 0 Å². The molecule has 2 atom stereocenters. The largest absolute Gasteiger partial charge is 0.312 e. The Morgan fingerprint density at radius 3 is 2.35 bits per heavy atom. The molecule has 0 bridgehead atoms. The average Bonchev–Trinajstić information content (AvgIpc) is 2.24. The van der Waals surface area contributed by atoms with Crippen LogP contribution in [0.25, 0.3) is 0 Å². The smallest absolute Gasteiger partial charge is 0.0270 e. The Morgan fingerprint density at radius 1 is 1.18 bits per heavy atom. The molecule has 0 aromatic carbocycles. The predicted octanol–water partition coefficient (Wildman–Crippen LogP) is 3.04. The summed E-state index contributed by atoms with van der Waals surface area (Å²) in [5.74, 6) is 1.73. The van der Waals surface area contributed by atoms with Crippen LogP contribution in [0.2, 0.25) is 0 Å². The van der Waals surface area contributed by atoms with Gasteiger partial charge < -0.3 is 5.32 Å². The Balaban J connectivity index is 1.79. The maximum absolute atomic E-state index is 4.07. The zero-order valence-corrected chi connectivity index (χ0v) is 11.2. The summed E-state index contributed by atoms with van der Waals surface area (Å²) in [6.07, 6.45) is 7.80. The van der Waals surface area contributed by atoms with Crippen molar-refractivity contribution in [1.29, 1.82) is 0 Å². The first-order valence-electron chi connectivity index (χ1n) is 6.68. The number of pyridine rings is 1. The monoisotopic (exact) mass is 232 g/mol. The number of aromatic nitrogens is 1. The molecule has 0 amide bonds. The fourth-order valence-corrected chi connectivity index (χ4v) is 2.43. The summed E-state index contributed by atoms with van der Waals surface area (Å²) in [5.41, 5.74) is 1.68. The summed E-state index contributed by atoms with van der Waals surface area (Å²) in [5, 5.41) is 3.63. The van der Waals surface area contributed by atoms with Gasteiger partial charge in [-0.1, -0.05) is 0 Å². The van der Waals surface area contributed by atoms with Crippen LogP contribution in [0.3, 0.4) is 0 Å². The van der Waals surface area contributed by atoms with Gasteiger partial charge in [-0.2, -0.15) is 0 Å². The van der Waals surface area contributed by atoms with Gasteiger partial charge in [0.05, 0.1) is 0 Å². The lowest BCUT2D eigenvalue weighted by atomic mass is 9.70. The van der Waals surface area contributed by atoms with Crippen molar-refractivity contribution in [3.05, 3.63) is 30.1 Å². The van der Waals surface area contributed by atoms with E-state index in [1.54, 1.807) is 0 Å². The van der Waals surface area contributed by atoms with Gasteiger partial charge in [-0.3, -0.25) is 4.98 Å². The maximum Gasteiger partial charge on any atom is 0.0270 e. The molecule has 1 aliphatic carbocycles. The molecule has 1 heterocycles. The minimum atomic E-state index is 0.247. The van der Waals surface area contributed by atoms with Gasteiger partial charge in [0.15, 0.2) is 0 Å². The highest BCUT2D eigenvalue weighted by atomic mass is 14.9. The molecule has 2 heteroatoms. The first-order chi connectivity index (χ1) is 8.04. The van der Waals surface area contributed by atoms with Crippen LogP contribution in [0, 0.1) is 11.8 Å². The second kappa shape index (κ2) is 5.18. The van der Waals surface area contributed by atoms with E-state index in [2.05, 4.69) is 43.2 Å². The average molecular weight is 232 g/mol. The molecule has 94 valence electrons. The van der Waals surface area contributed by atoms with E-state index in [0.717, 1.165) is 11.8 Å². The van der Waals surface area contributed by atoms with Gasteiger partial charge in [-0.05, 0) is 76.1 Å². The van der Waals surface area contributed by atoms with Crippen LogP contribution < -0.4 is 5.32 Å². The van der Waals surface area contributed by atoms with E-state index in [1.807, 2.05) is 12.4 Å². The Hall–Kier alpha value is -0.890. The number of nitrogens with zero attached hydrogens (tertiary/aromatic N) is 1. The van der Waals surface area contributed by atoms with Crippen LogP contribution in [-0.4, -0.2) is 17.1 Å². The lowest BCUT2D eigenvalue weighted by Gasteiger charge is -2.39. The molecule has 0 spiro atoms. The highest BCUT2D eigenvalue weighted by Gasteiger charge is 2.31. The molecule has 2 rings (SSSR count). The molecular weight excluding hydrogens is 208 g/mol.